The number of methoxy groups -OCH3 is 1. The van der Waals surface area contributed by atoms with Crippen molar-refractivity contribution < 1.29 is 9.15 Å². The number of ether oxygens (including phenoxy) is 1. The maximum Gasteiger partial charge on any atom is 0.336 e. The molecule has 0 aliphatic carbocycles. The third-order valence-electron chi connectivity index (χ3n) is 4.77. The number of hydrogen-bond donors (Lipinski definition) is 1. The number of nitrogens with one attached hydrogen (secondary N) is 1. The van der Waals surface area contributed by atoms with Crippen LogP contribution >= 0.6 is 0 Å². The van der Waals surface area contributed by atoms with E-state index in [1.165, 1.54) is 16.7 Å². The number of benzene rings is 2. The molecule has 0 saturated heterocycles. The van der Waals surface area contributed by atoms with Crippen molar-refractivity contribution in [3.63, 3.8) is 0 Å². The molecule has 0 spiro atoms. The van der Waals surface area contributed by atoms with Crippen LogP contribution in [0.4, 0.5) is 0 Å². The fourth-order valence-electron chi connectivity index (χ4n) is 3.18. The first kappa shape index (κ1) is 18.2. The van der Waals surface area contributed by atoms with Crippen molar-refractivity contribution in [1.29, 1.82) is 0 Å². The molecule has 136 valence electrons. The minimum Gasteiger partial charge on any atom is -0.496 e. The van der Waals surface area contributed by atoms with Crippen LogP contribution in [0.5, 0.6) is 5.75 Å². The number of rotatable bonds is 6. The molecule has 0 aliphatic heterocycles. The van der Waals surface area contributed by atoms with Crippen molar-refractivity contribution in [2.24, 2.45) is 0 Å². The summed E-state index contributed by atoms with van der Waals surface area (Å²) in [6.45, 7) is 7.59. The van der Waals surface area contributed by atoms with Crippen molar-refractivity contribution in [2.75, 3.05) is 13.7 Å². The van der Waals surface area contributed by atoms with Gasteiger partial charge >= 0.3 is 5.63 Å². The lowest BCUT2D eigenvalue weighted by Crippen LogP contribution is -2.18. The summed E-state index contributed by atoms with van der Waals surface area (Å²) in [5.41, 5.74) is 6.03. The minimum absolute atomic E-state index is 0.307. The molecule has 1 heterocycles. The van der Waals surface area contributed by atoms with Gasteiger partial charge in [0, 0.05) is 18.0 Å². The van der Waals surface area contributed by atoms with Gasteiger partial charge in [-0.3, -0.25) is 0 Å². The van der Waals surface area contributed by atoms with Crippen LogP contribution in [0.3, 0.4) is 0 Å². The van der Waals surface area contributed by atoms with Gasteiger partial charge in [0.1, 0.15) is 11.3 Å². The Morgan fingerprint density at radius 3 is 2.54 bits per heavy atom. The summed E-state index contributed by atoms with van der Waals surface area (Å²) in [5.74, 6) is 0.911. The summed E-state index contributed by atoms with van der Waals surface area (Å²) >= 11 is 0. The first-order valence-electron chi connectivity index (χ1n) is 8.86. The highest BCUT2D eigenvalue weighted by Crippen LogP contribution is 2.22. The third-order valence-corrected chi connectivity index (χ3v) is 4.77. The SMILES string of the molecule is COc1ccc(C)cc1CCNCc1cc(=O)oc2cc(C)c(C)cc12. The third kappa shape index (κ3) is 3.97. The second kappa shape index (κ2) is 7.75. The zero-order valence-electron chi connectivity index (χ0n) is 15.8. The van der Waals surface area contributed by atoms with Gasteiger partial charge in [0.05, 0.1) is 7.11 Å². The Kier molecular flexibility index (Phi) is 5.43. The van der Waals surface area contributed by atoms with Crippen LogP contribution in [0, 0.1) is 20.8 Å². The summed E-state index contributed by atoms with van der Waals surface area (Å²) in [5, 5.41) is 4.43. The Labute approximate surface area is 153 Å². The maximum atomic E-state index is 11.9. The molecular formula is C22H25NO3. The lowest BCUT2D eigenvalue weighted by molar-refractivity contribution is 0.409. The van der Waals surface area contributed by atoms with Crippen LogP contribution in [0.15, 0.2) is 45.6 Å². The molecule has 0 bridgehead atoms. The van der Waals surface area contributed by atoms with Gasteiger partial charge in [-0.2, -0.15) is 0 Å². The number of fused-ring (bicyclic) bond motifs is 1. The maximum absolute atomic E-state index is 11.9. The van der Waals surface area contributed by atoms with Crippen LogP contribution in [0.2, 0.25) is 0 Å². The van der Waals surface area contributed by atoms with E-state index in [9.17, 15) is 4.79 Å². The van der Waals surface area contributed by atoms with Crippen molar-refractivity contribution in [1.82, 2.24) is 5.32 Å². The molecule has 0 fully saturated rings. The van der Waals surface area contributed by atoms with Gasteiger partial charge in [0.25, 0.3) is 0 Å². The molecule has 0 aliphatic rings. The first-order valence-corrected chi connectivity index (χ1v) is 8.86. The van der Waals surface area contributed by atoms with Crippen molar-refractivity contribution in [3.05, 3.63) is 74.6 Å². The van der Waals surface area contributed by atoms with Crippen LogP contribution in [-0.2, 0) is 13.0 Å². The van der Waals surface area contributed by atoms with E-state index in [0.29, 0.717) is 12.1 Å². The highest BCUT2D eigenvalue weighted by Gasteiger charge is 2.08. The lowest BCUT2D eigenvalue weighted by atomic mass is 10.0. The van der Waals surface area contributed by atoms with Gasteiger partial charge in [-0.1, -0.05) is 17.7 Å². The molecule has 4 nitrogen and oxygen atoms in total. The number of aryl methyl sites for hydroxylation is 3. The molecule has 0 radical (unpaired) electrons. The van der Waals surface area contributed by atoms with Gasteiger partial charge in [-0.25, -0.2) is 4.79 Å². The average Bonchev–Trinajstić information content (AvgIpc) is 2.60. The normalized spacial score (nSPS) is 11.1. The van der Waals surface area contributed by atoms with E-state index in [2.05, 4.69) is 37.4 Å². The van der Waals surface area contributed by atoms with Gasteiger partial charge < -0.3 is 14.5 Å². The van der Waals surface area contributed by atoms with Crippen molar-refractivity contribution in [3.8, 4) is 5.75 Å². The zero-order valence-corrected chi connectivity index (χ0v) is 15.8. The summed E-state index contributed by atoms with van der Waals surface area (Å²) in [6, 6.07) is 11.8. The molecule has 0 unspecified atom stereocenters. The predicted molar refractivity (Wildman–Crippen MR) is 105 cm³/mol. The molecule has 3 aromatic rings. The molecule has 0 amide bonds. The summed E-state index contributed by atoms with van der Waals surface area (Å²) < 4.78 is 10.8. The summed E-state index contributed by atoms with van der Waals surface area (Å²) in [6.07, 6.45) is 0.863. The first-order chi connectivity index (χ1) is 12.5. The monoisotopic (exact) mass is 351 g/mol. The Morgan fingerprint density at radius 2 is 1.77 bits per heavy atom. The van der Waals surface area contributed by atoms with E-state index < -0.39 is 0 Å². The largest absolute Gasteiger partial charge is 0.496 e. The van der Waals surface area contributed by atoms with Gasteiger partial charge in [0.2, 0.25) is 0 Å². The van der Waals surface area contributed by atoms with Crippen LogP contribution in [-0.4, -0.2) is 13.7 Å². The molecule has 0 atom stereocenters. The Bertz CT molecular complexity index is 989. The molecule has 3 rings (SSSR count). The molecule has 4 heteroatoms. The topological polar surface area (TPSA) is 51.5 Å². The van der Waals surface area contributed by atoms with Crippen LogP contribution in [0.25, 0.3) is 11.0 Å². The zero-order chi connectivity index (χ0) is 18.7. The number of hydrogen-bond acceptors (Lipinski definition) is 4. The van der Waals surface area contributed by atoms with Gasteiger partial charge in [-0.15, -0.1) is 0 Å². The minimum atomic E-state index is -0.307. The fourth-order valence-corrected chi connectivity index (χ4v) is 3.18. The smallest absolute Gasteiger partial charge is 0.336 e. The lowest BCUT2D eigenvalue weighted by Gasteiger charge is -2.11. The van der Waals surface area contributed by atoms with Gasteiger partial charge in [0.15, 0.2) is 0 Å². The fraction of sp³-hybridized carbons (Fsp3) is 0.318. The quantitative estimate of drug-likeness (QED) is 0.537. The molecule has 1 N–H and O–H groups in total. The molecule has 2 aromatic carbocycles. The van der Waals surface area contributed by atoms with E-state index in [1.807, 2.05) is 19.1 Å². The van der Waals surface area contributed by atoms with Gasteiger partial charge in [-0.05, 0) is 74.2 Å². The molecule has 1 aromatic heterocycles. The Balaban J connectivity index is 1.73. The second-order valence-corrected chi connectivity index (χ2v) is 6.77. The molecule has 26 heavy (non-hydrogen) atoms. The van der Waals surface area contributed by atoms with E-state index in [0.717, 1.165) is 35.2 Å². The highest BCUT2D eigenvalue weighted by atomic mass is 16.5. The van der Waals surface area contributed by atoms with Crippen molar-refractivity contribution in [2.45, 2.75) is 33.7 Å². The average molecular weight is 351 g/mol. The summed E-state index contributed by atoms with van der Waals surface area (Å²) in [4.78, 5) is 11.9. The predicted octanol–water partition coefficient (Wildman–Crippen LogP) is 4.06. The molecule has 0 saturated carbocycles. The van der Waals surface area contributed by atoms with E-state index >= 15 is 0 Å². The van der Waals surface area contributed by atoms with E-state index in [4.69, 9.17) is 9.15 Å². The van der Waals surface area contributed by atoms with E-state index in [1.54, 1.807) is 13.2 Å². The van der Waals surface area contributed by atoms with Crippen LogP contribution < -0.4 is 15.7 Å². The second-order valence-electron chi connectivity index (χ2n) is 6.77. The Hall–Kier alpha value is -2.59. The van der Waals surface area contributed by atoms with E-state index in [-0.39, 0.29) is 5.63 Å². The molecular weight excluding hydrogens is 326 g/mol. The summed E-state index contributed by atoms with van der Waals surface area (Å²) in [7, 11) is 1.70. The van der Waals surface area contributed by atoms with Crippen LogP contribution in [0.1, 0.15) is 27.8 Å². The highest BCUT2D eigenvalue weighted by molar-refractivity contribution is 5.81. The standard InChI is InChI=1S/C22H25NO3/c1-14-5-6-20(25-4)17(9-14)7-8-23-13-18-12-22(24)26-21-11-16(3)15(2)10-19(18)21/h5-6,9-12,23H,7-8,13H2,1-4H3. The Morgan fingerprint density at radius 1 is 1.00 bits per heavy atom. The van der Waals surface area contributed by atoms with Crippen molar-refractivity contribution >= 4 is 11.0 Å².